The summed E-state index contributed by atoms with van der Waals surface area (Å²) in [5, 5.41) is 8.14. The quantitative estimate of drug-likeness (QED) is 0.676. The van der Waals surface area contributed by atoms with Gasteiger partial charge in [0.05, 0.1) is 4.75 Å². The molecule has 0 bridgehead atoms. The zero-order valence-corrected chi connectivity index (χ0v) is 14.3. The van der Waals surface area contributed by atoms with Crippen LogP contribution in [-0.4, -0.2) is 44.3 Å². The topological polar surface area (TPSA) is 62.1 Å². The third kappa shape index (κ3) is 3.57. The third-order valence-corrected chi connectivity index (χ3v) is 7.17. The van der Waals surface area contributed by atoms with Crippen molar-refractivity contribution in [3.63, 3.8) is 0 Å². The molecule has 0 spiro atoms. The van der Waals surface area contributed by atoms with E-state index in [1.54, 1.807) is 0 Å². The lowest BCUT2D eigenvalue weighted by molar-refractivity contribution is -0.131. The maximum atomic E-state index is 12.5. The molecule has 2 heterocycles. The lowest BCUT2D eigenvalue weighted by Gasteiger charge is -2.41. The molecule has 1 amide bonds. The minimum atomic E-state index is -0.840. The molecule has 1 atom stereocenters. The largest absolute Gasteiger partial charge is 0.340 e. The van der Waals surface area contributed by atoms with Crippen LogP contribution in [0.1, 0.15) is 52.4 Å². The summed E-state index contributed by atoms with van der Waals surface area (Å²) in [4.78, 5) is 14.4. The molecule has 122 valence electrons. The zero-order valence-electron chi connectivity index (χ0n) is 13.5. The first-order valence-electron chi connectivity index (χ1n) is 8.04. The van der Waals surface area contributed by atoms with Crippen LogP contribution in [0, 0.1) is 12.3 Å². The lowest BCUT2D eigenvalue weighted by atomic mass is 9.99. The second-order valence-electron chi connectivity index (χ2n) is 6.14. The molecule has 2 rings (SSSR count). The molecule has 6 heteroatoms. The van der Waals surface area contributed by atoms with Crippen molar-refractivity contribution < 1.29 is 9.00 Å². The molecule has 0 aromatic rings. The summed E-state index contributed by atoms with van der Waals surface area (Å²) in [6, 6.07) is 0. The molecule has 0 N–H and O–H groups in total. The van der Waals surface area contributed by atoms with Crippen molar-refractivity contribution in [2.75, 3.05) is 18.8 Å². The highest BCUT2D eigenvalue weighted by molar-refractivity contribution is 7.86. The van der Waals surface area contributed by atoms with Gasteiger partial charge in [0.15, 0.2) is 5.66 Å². The molecule has 1 fully saturated rings. The average Bonchev–Trinajstić information content (AvgIpc) is 3.32. The Morgan fingerprint density at radius 2 is 2.00 bits per heavy atom. The zero-order chi connectivity index (χ0) is 16.2. The van der Waals surface area contributed by atoms with Crippen LogP contribution in [0.3, 0.4) is 0 Å². The van der Waals surface area contributed by atoms with E-state index in [4.69, 9.17) is 6.42 Å². The summed E-state index contributed by atoms with van der Waals surface area (Å²) in [5.41, 5.74) is -0.396. The maximum absolute atomic E-state index is 12.5. The second-order valence-corrected chi connectivity index (χ2v) is 8.11. The highest BCUT2D eigenvalue weighted by atomic mass is 32.2. The van der Waals surface area contributed by atoms with Crippen LogP contribution in [0.5, 0.6) is 0 Å². The van der Waals surface area contributed by atoms with Crippen LogP contribution < -0.4 is 0 Å². The Hall–Kier alpha value is -1.22. The van der Waals surface area contributed by atoms with Gasteiger partial charge in [-0.3, -0.25) is 9.00 Å². The van der Waals surface area contributed by atoms with E-state index in [1.807, 2.05) is 4.90 Å². The summed E-state index contributed by atoms with van der Waals surface area (Å²) >= 11 is 0. The van der Waals surface area contributed by atoms with Crippen molar-refractivity contribution in [1.29, 1.82) is 0 Å². The molecule has 0 aromatic heterocycles. The van der Waals surface area contributed by atoms with Gasteiger partial charge in [-0.05, 0) is 12.8 Å². The standard InChI is InChI=1S/C16H25N3O2S/c1-4-7-9-16(17-18-16)10-8-14(20)19-11-12-22(21)15(5-2,6-3)13-19/h1H,5-13H2,2-3H3. The predicted octanol–water partition coefficient (Wildman–Crippen LogP) is 2.49. The van der Waals surface area contributed by atoms with Crippen LogP contribution in [0.2, 0.25) is 0 Å². The number of terminal acetylenes is 1. The summed E-state index contributed by atoms with van der Waals surface area (Å²) in [5.74, 6) is 3.31. The van der Waals surface area contributed by atoms with Crippen molar-refractivity contribution in [2.45, 2.75) is 62.8 Å². The van der Waals surface area contributed by atoms with E-state index in [2.05, 4.69) is 30.0 Å². The van der Waals surface area contributed by atoms with Gasteiger partial charge in [-0.15, -0.1) is 12.3 Å². The molecular formula is C16H25N3O2S. The Kier molecular flexibility index (Phi) is 5.38. The Morgan fingerprint density at radius 1 is 1.32 bits per heavy atom. The predicted molar refractivity (Wildman–Crippen MR) is 87.8 cm³/mol. The maximum Gasteiger partial charge on any atom is 0.222 e. The smallest absolute Gasteiger partial charge is 0.222 e. The summed E-state index contributed by atoms with van der Waals surface area (Å²) in [7, 11) is -0.840. The van der Waals surface area contributed by atoms with Gasteiger partial charge in [0.2, 0.25) is 5.91 Å². The van der Waals surface area contributed by atoms with Crippen molar-refractivity contribution in [3.8, 4) is 12.3 Å². The van der Waals surface area contributed by atoms with E-state index in [0.717, 1.165) is 19.3 Å². The Balaban J connectivity index is 1.88. The molecule has 2 aliphatic heterocycles. The normalized spacial score (nSPS) is 24.8. The monoisotopic (exact) mass is 323 g/mol. The molecule has 0 aliphatic carbocycles. The number of amides is 1. The van der Waals surface area contributed by atoms with E-state index in [-0.39, 0.29) is 10.7 Å². The van der Waals surface area contributed by atoms with Crippen molar-refractivity contribution in [2.24, 2.45) is 10.2 Å². The Morgan fingerprint density at radius 3 is 2.55 bits per heavy atom. The first kappa shape index (κ1) is 17.1. The first-order chi connectivity index (χ1) is 10.5. The molecule has 1 unspecified atom stereocenters. The molecule has 2 aliphatic rings. The number of hydrogen-bond acceptors (Lipinski definition) is 4. The van der Waals surface area contributed by atoms with Crippen LogP contribution >= 0.6 is 0 Å². The van der Waals surface area contributed by atoms with E-state index >= 15 is 0 Å². The van der Waals surface area contributed by atoms with Gasteiger partial charge in [0.25, 0.3) is 0 Å². The van der Waals surface area contributed by atoms with E-state index in [0.29, 0.717) is 38.1 Å². The summed E-state index contributed by atoms with van der Waals surface area (Å²) in [6.45, 7) is 5.33. The summed E-state index contributed by atoms with van der Waals surface area (Å²) < 4.78 is 12.1. The van der Waals surface area contributed by atoms with Gasteiger partial charge in [-0.2, -0.15) is 10.2 Å². The number of carbonyl (C=O) groups excluding carboxylic acids is 1. The van der Waals surface area contributed by atoms with E-state index in [1.165, 1.54) is 0 Å². The fourth-order valence-electron chi connectivity index (χ4n) is 3.05. The molecule has 22 heavy (non-hydrogen) atoms. The highest BCUT2D eigenvalue weighted by Gasteiger charge is 2.42. The minimum absolute atomic E-state index is 0.125. The van der Waals surface area contributed by atoms with Gasteiger partial charge in [0, 0.05) is 55.3 Å². The average molecular weight is 323 g/mol. The SMILES string of the molecule is C#CCCC1(CCC(=O)N2CCS(=O)C(CC)(CC)C2)N=N1. The van der Waals surface area contributed by atoms with Crippen molar-refractivity contribution in [3.05, 3.63) is 0 Å². The molecule has 5 nitrogen and oxygen atoms in total. The van der Waals surface area contributed by atoms with E-state index in [9.17, 15) is 9.00 Å². The molecular weight excluding hydrogens is 298 g/mol. The number of nitrogens with zero attached hydrogens (tertiary/aromatic N) is 3. The van der Waals surface area contributed by atoms with Crippen LogP contribution in [0.25, 0.3) is 0 Å². The van der Waals surface area contributed by atoms with Gasteiger partial charge in [-0.25, -0.2) is 0 Å². The van der Waals surface area contributed by atoms with E-state index < -0.39 is 16.5 Å². The molecule has 0 saturated carbocycles. The number of rotatable bonds is 7. The van der Waals surface area contributed by atoms with Gasteiger partial charge in [0.1, 0.15) is 0 Å². The fraction of sp³-hybridized carbons (Fsp3) is 0.812. The van der Waals surface area contributed by atoms with Gasteiger partial charge < -0.3 is 4.90 Å². The second kappa shape index (κ2) is 6.91. The molecule has 1 saturated heterocycles. The minimum Gasteiger partial charge on any atom is -0.340 e. The number of carbonyl (C=O) groups is 1. The van der Waals surface area contributed by atoms with Gasteiger partial charge in [-0.1, -0.05) is 13.8 Å². The Bertz CT molecular complexity index is 514. The highest BCUT2D eigenvalue weighted by Crippen LogP contribution is 2.38. The van der Waals surface area contributed by atoms with Crippen LogP contribution in [0.4, 0.5) is 0 Å². The molecule has 0 aromatic carbocycles. The third-order valence-electron chi connectivity index (χ3n) is 4.94. The molecule has 0 radical (unpaired) electrons. The summed E-state index contributed by atoms with van der Waals surface area (Å²) in [6.07, 6.45) is 9.40. The Labute approximate surface area is 135 Å². The van der Waals surface area contributed by atoms with Crippen molar-refractivity contribution >= 4 is 16.7 Å². The van der Waals surface area contributed by atoms with Crippen LogP contribution in [0.15, 0.2) is 10.2 Å². The fourth-order valence-corrected chi connectivity index (χ4v) is 4.81. The first-order valence-corrected chi connectivity index (χ1v) is 9.36. The van der Waals surface area contributed by atoms with Gasteiger partial charge >= 0.3 is 0 Å². The lowest BCUT2D eigenvalue weighted by Crippen LogP contribution is -2.54. The number of hydrogen-bond donors (Lipinski definition) is 0. The van der Waals surface area contributed by atoms with Crippen LogP contribution in [-0.2, 0) is 15.6 Å². The van der Waals surface area contributed by atoms with Crippen molar-refractivity contribution in [1.82, 2.24) is 4.90 Å².